The van der Waals surface area contributed by atoms with Gasteiger partial charge in [0.05, 0.1) is 6.61 Å². The second-order valence-corrected chi connectivity index (χ2v) is 7.26. The van der Waals surface area contributed by atoms with Crippen molar-refractivity contribution >= 4 is 6.09 Å². The topological polar surface area (TPSA) is 87.5 Å². The maximum atomic E-state index is 12.6. The predicted octanol–water partition coefficient (Wildman–Crippen LogP) is 4.28. The summed E-state index contributed by atoms with van der Waals surface area (Å²) in [6.07, 6.45) is 9.60. The average Bonchev–Trinajstić information content (AvgIpc) is 2.54. The summed E-state index contributed by atoms with van der Waals surface area (Å²) >= 11 is 0. The molecule has 1 aliphatic carbocycles. The fraction of sp³-hybridized carbons (Fsp3) is 0.833. The van der Waals surface area contributed by atoms with Gasteiger partial charge < -0.3 is 14.4 Å². The van der Waals surface area contributed by atoms with Gasteiger partial charge in [-0.15, -0.1) is 12.3 Å². The van der Waals surface area contributed by atoms with E-state index >= 15 is 0 Å². The van der Waals surface area contributed by atoms with Gasteiger partial charge in [0.1, 0.15) is 5.60 Å². The largest absolute Gasteiger partial charge is 0.444 e. The average molecular weight is 350 g/mol. The van der Waals surface area contributed by atoms with E-state index in [0.29, 0.717) is 26.2 Å². The molecule has 0 heterocycles. The van der Waals surface area contributed by atoms with Crippen LogP contribution in [0.2, 0.25) is 0 Å². The summed E-state index contributed by atoms with van der Waals surface area (Å²) in [5.41, 5.74) is 8.02. The lowest BCUT2D eigenvalue weighted by molar-refractivity contribution is 0.00268. The molecule has 1 aliphatic rings. The SMILES string of the molecule is C#CCCCOCCN(C(=O)OC(C)(C)C)[C@H]1CC[C@@H](N=[N+]=[N-])CC1. The number of hydrogen-bond donors (Lipinski definition) is 0. The van der Waals surface area contributed by atoms with Gasteiger partial charge in [-0.25, -0.2) is 4.79 Å². The maximum Gasteiger partial charge on any atom is 0.410 e. The molecule has 25 heavy (non-hydrogen) atoms. The van der Waals surface area contributed by atoms with Crippen LogP contribution in [0.4, 0.5) is 4.79 Å². The van der Waals surface area contributed by atoms with Crippen molar-refractivity contribution in [3.8, 4) is 12.3 Å². The number of hydrogen-bond acceptors (Lipinski definition) is 4. The van der Waals surface area contributed by atoms with Gasteiger partial charge in [0.2, 0.25) is 0 Å². The first-order valence-electron chi connectivity index (χ1n) is 8.92. The molecule has 1 fully saturated rings. The van der Waals surface area contributed by atoms with Crippen molar-refractivity contribution in [3.63, 3.8) is 0 Å². The molecule has 0 aromatic carbocycles. The second-order valence-electron chi connectivity index (χ2n) is 7.26. The lowest BCUT2D eigenvalue weighted by Gasteiger charge is -2.36. The van der Waals surface area contributed by atoms with Gasteiger partial charge >= 0.3 is 6.09 Å². The number of azide groups is 1. The van der Waals surface area contributed by atoms with E-state index in [4.69, 9.17) is 21.4 Å². The Morgan fingerprint density at radius 3 is 2.56 bits per heavy atom. The van der Waals surface area contributed by atoms with Gasteiger partial charge in [-0.3, -0.25) is 0 Å². The molecule has 7 heteroatoms. The van der Waals surface area contributed by atoms with Crippen molar-refractivity contribution in [1.82, 2.24) is 4.90 Å². The maximum absolute atomic E-state index is 12.6. The minimum atomic E-state index is -0.536. The minimum Gasteiger partial charge on any atom is -0.444 e. The first-order chi connectivity index (χ1) is 11.9. The van der Waals surface area contributed by atoms with Crippen LogP contribution in [0.3, 0.4) is 0 Å². The van der Waals surface area contributed by atoms with Crippen molar-refractivity contribution in [2.24, 2.45) is 5.11 Å². The summed E-state index contributed by atoms with van der Waals surface area (Å²) in [6.45, 7) is 7.12. The Balaban J connectivity index is 2.57. The third-order valence-electron chi connectivity index (χ3n) is 4.04. The molecule has 0 bridgehead atoms. The van der Waals surface area contributed by atoms with Crippen LogP contribution >= 0.6 is 0 Å². The minimum absolute atomic E-state index is 0.0294. The molecular weight excluding hydrogens is 320 g/mol. The second kappa shape index (κ2) is 10.9. The van der Waals surface area contributed by atoms with E-state index in [2.05, 4.69) is 15.9 Å². The molecule has 0 atom stereocenters. The van der Waals surface area contributed by atoms with E-state index < -0.39 is 5.60 Å². The number of nitrogens with zero attached hydrogens (tertiary/aromatic N) is 4. The Morgan fingerprint density at radius 1 is 1.32 bits per heavy atom. The molecule has 0 aromatic rings. The van der Waals surface area contributed by atoms with Gasteiger partial charge in [-0.1, -0.05) is 5.11 Å². The molecule has 1 saturated carbocycles. The van der Waals surface area contributed by atoms with E-state index in [1.165, 1.54) is 0 Å². The van der Waals surface area contributed by atoms with Crippen LogP contribution in [0, 0.1) is 12.3 Å². The Hall–Kier alpha value is -1.90. The Kier molecular flexibility index (Phi) is 9.18. The Bertz CT molecular complexity index is 495. The molecule has 7 nitrogen and oxygen atoms in total. The lowest BCUT2D eigenvalue weighted by atomic mass is 9.91. The van der Waals surface area contributed by atoms with Crippen LogP contribution in [-0.4, -0.2) is 48.4 Å². The molecular formula is C18H30N4O3. The van der Waals surface area contributed by atoms with E-state index in [0.717, 1.165) is 32.1 Å². The van der Waals surface area contributed by atoms with Gasteiger partial charge in [0.25, 0.3) is 0 Å². The van der Waals surface area contributed by atoms with Gasteiger partial charge in [-0.2, -0.15) is 0 Å². The highest BCUT2D eigenvalue weighted by molar-refractivity contribution is 5.68. The number of ether oxygens (including phenoxy) is 2. The molecule has 1 rings (SSSR count). The predicted molar refractivity (Wildman–Crippen MR) is 97.0 cm³/mol. The fourth-order valence-electron chi connectivity index (χ4n) is 2.84. The van der Waals surface area contributed by atoms with E-state index in [9.17, 15) is 4.79 Å². The highest BCUT2D eigenvalue weighted by Gasteiger charge is 2.31. The van der Waals surface area contributed by atoms with Crippen LogP contribution < -0.4 is 0 Å². The first kappa shape index (κ1) is 21.1. The summed E-state index contributed by atoms with van der Waals surface area (Å²) in [5.74, 6) is 2.58. The molecule has 0 radical (unpaired) electrons. The zero-order chi connectivity index (χ0) is 18.7. The van der Waals surface area contributed by atoms with Crippen molar-refractivity contribution in [1.29, 1.82) is 0 Å². The zero-order valence-corrected chi connectivity index (χ0v) is 15.6. The molecule has 0 unspecified atom stereocenters. The van der Waals surface area contributed by atoms with Crippen LogP contribution in [0.15, 0.2) is 5.11 Å². The number of amides is 1. The highest BCUT2D eigenvalue weighted by atomic mass is 16.6. The van der Waals surface area contributed by atoms with Crippen molar-refractivity contribution < 1.29 is 14.3 Å². The number of rotatable bonds is 8. The molecule has 0 spiro atoms. The highest BCUT2D eigenvalue weighted by Crippen LogP contribution is 2.26. The van der Waals surface area contributed by atoms with E-state index in [1.54, 1.807) is 4.90 Å². The Labute approximate surface area is 150 Å². The number of carbonyl (C=O) groups is 1. The monoisotopic (exact) mass is 350 g/mol. The standard InChI is InChI=1S/C18H30N4O3/c1-5-6-7-13-24-14-12-22(17(23)25-18(2,3)4)16-10-8-15(9-11-16)20-21-19/h1,15-16H,6-14H2,2-4H3/t15-,16+. The van der Waals surface area contributed by atoms with Crippen LogP contribution in [0.1, 0.15) is 59.3 Å². The number of carbonyl (C=O) groups excluding carboxylic acids is 1. The number of unbranched alkanes of at least 4 members (excludes halogenated alkanes) is 1. The Morgan fingerprint density at radius 2 is 2.00 bits per heavy atom. The lowest BCUT2D eigenvalue weighted by Crippen LogP contribution is -2.46. The van der Waals surface area contributed by atoms with E-state index in [1.807, 2.05) is 20.8 Å². The van der Waals surface area contributed by atoms with E-state index in [-0.39, 0.29) is 18.2 Å². The molecule has 0 aromatic heterocycles. The number of terminal acetylenes is 1. The molecule has 140 valence electrons. The summed E-state index contributed by atoms with van der Waals surface area (Å²) in [5, 5.41) is 3.79. The van der Waals surface area contributed by atoms with Crippen LogP contribution in [0.5, 0.6) is 0 Å². The summed E-state index contributed by atoms with van der Waals surface area (Å²) < 4.78 is 11.1. The third-order valence-corrected chi connectivity index (χ3v) is 4.04. The fourth-order valence-corrected chi connectivity index (χ4v) is 2.84. The van der Waals surface area contributed by atoms with Crippen molar-refractivity contribution in [2.45, 2.75) is 77.0 Å². The molecule has 1 amide bonds. The smallest absolute Gasteiger partial charge is 0.410 e. The zero-order valence-electron chi connectivity index (χ0n) is 15.6. The van der Waals surface area contributed by atoms with Crippen LogP contribution in [0.25, 0.3) is 10.4 Å². The van der Waals surface area contributed by atoms with Gasteiger partial charge in [0, 0.05) is 36.6 Å². The summed E-state index contributed by atoms with van der Waals surface area (Å²) in [4.78, 5) is 17.2. The quantitative estimate of drug-likeness (QED) is 0.215. The van der Waals surface area contributed by atoms with Gasteiger partial charge in [0.15, 0.2) is 0 Å². The normalized spacial score (nSPS) is 20.2. The van der Waals surface area contributed by atoms with Crippen LogP contribution in [-0.2, 0) is 9.47 Å². The van der Waals surface area contributed by atoms with Crippen molar-refractivity contribution in [2.75, 3.05) is 19.8 Å². The molecule has 0 saturated heterocycles. The summed E-state index contributed by atoms with van der Waals surface area (Å²) in [7, 11) is 0. The summed E-state index contributed by atoms with van der Waals surface area (Å²) in [6, 6.07) is 0.121. The molecule has 0 aliphatic heterocycles. The van der Waals surface area contributed by atoms with Crippen molar-refractivity contribution in [3.05, 3.63) is 10.4 Å². The first-order valence-corrected chi connectivity index (χ1v) is 8.92. The third kappa shape index (κ3) is 8.67. The van der Waals surface area contributed by atoms with Gasteiger partial charge in [-0.05, 0) is 58.4 Å². The molecule has 0 N–H and O–H groups in total.